The number of para-hydroxylation sites is 2. The molecule has 0 unspecified atom stereocenters. The number of anilines is 4. The van der Waals surface area contributed by atoms with E-state index in [1.165, 1.54) is 12.3 Å². The highest BCUT2D eigenvalue weighted by Crippen LogP contribution is 2.22. The van der Waals surface area contributed by atoms with Crippen LogP contribution in [-0.2, 0) is 0 Å². The van der Waals surface area contributed by atoms with Crippen LogP contribution in [-0.4, -0.2) is 42.1 Å². The van der Waals surface area contributed by atoms with E-state index in [1.54, 1.807) is 24.3 Å². The smallest absolute Gasteiger partial charge is 0.260 e. The molecule has 2 heterocycles. The van der Waals surface area contributed by atoms with Crippen molar-refractivity contribution < 1.29 is 9.18 Å². The van der Waals surface area contributed by atoms with Gasteiger partial charge in [-0.2, -0.15) is 4.98 Å². The van der Waals surface area contributed by atoms with Crippen LogP contribution < -0.4 is 20.9 Å². The van der Waals surface area contributed by atoms with Crippen molar-refractivity contribution in [3.8, 4) is 0 Å². The number of carbonyl (C=O) groups excluding carboxylic acids is 1. The number of hydrogen-bond acceptors (Lipinski definition) is 6. The molecule has 1 saturated heterocycles. The second kappa shape index (κ2) is 8.14. The van der Waals surface area contributed by atoms with Gasteiger partial charge in [0.05, 0.1) is 5.69 Å². The van der Waals surface area contributed by atoms with Gasteiger partial charge in [-0.15, -0.1) is 0 Å². The fraction of sp³-hybridized carbons (Fsp3) is 0.190. The molecule has 29 heavy (non-hydrogen) atoms. The third-order valence-electron chi connectivity index (χ3n) is 4.84. The lowest BCUT2D eigenvalue weighted by Crippen LogP contribution is -2.47. The van der Waals surface area contributed by atoms with Gasteiger partial charge in [-0.3, -0.25) is 4.79 Å². The largest absolute Gasteiger partial charge is 0.383 e. The highest BCUT2D eigenvalue weighted by Gasteiger charge is 2.22. The van der Waals surface area contributed by atoms with E-state index in [2.05, 4.69) is 15.3 Å². The second-order valence-electron chi connectivity index (χ2n) is 6.71. The van der Waals surface area contributed by atoms with Crippen molar-refractivity contribution in [3.05, 3.63) is 72.2 Å². The molecule has 0 atom stereocenters. The Labute approximate surface area is 168 Å². The Morgan fingerprint density at radius 1 is 0.966 bits per heavy atom. The number of nitrogens with one attached hydrogen (secondary N) is 1. The molecule has 0 radical (unpaired) electrons. The molecule has 3 aromatic rings. The van der Waals surface area contributed by atoms with Crippen LogP contribution in [0.3, 0.4) is 0 Å². The fourth-order valence-corrected chi connectivity index (χ4v) is 3.29. The first-order valence-corrected chi connectivity index (χ1v) is 9.35. The Kier molecular flexibility index (Phi) is 5.24. The van der Waals surface area contributed by atoms with Gasteiger partial charge in [0.2, 0.25) is 5.95 Å². The third-order valence-corrected chi connectivity index (χ3v) is 4.84. The SMILES string of the molecule is Nc1nc(N2CCN(c3ccccc3F)CC2)ncc1C(=O)Nc1ccccc1. The normalized spacial score (nSPS) is 14.0. The molecule has 0 spiro atoms. The lowest BCUT2D eigenvalue weighted by molar-refractivity contribution is 0.102. The van der Waals surface area contributed by atoms with Gasteiger partial charge in [0.25, 0.3) is 5.91 Å². The molecule has 8 heteroatoms. The van der Waals surface area contributed by atoms with Crippen molar-refractivity contribution in [2.75, 3.05) is 47.0 Å². The fourth-order valence-electron chi connectivity index (χ4n) is 3.29. The van der Waals surface area contributed by atoms with Crippen molar-refractivity contribution >= 4 is 29.0 Å². The maximum atomic E-state index is 14.0. The number of carbonyl (C=O) groups is 1. The minimum Gasteiger partial charge on any atom is -0.383 e. The van der Waals surface area contributed by atoms with Crippen molar-refractivity contribution in [2.45, 2.75) is 0 Å². The van der Waals surface area contributed by atoms with E-state index in [0.717, 1.165) is 0 Å². The first-order valence-electron chi connectivity index (χ1n) is 9.35. The predicted octanol–water partition coefficient (Wildman–Crippen LogP) is 2.78. The van der Waals surface area contributed by atoms with Crippen LogP contribution in [0, 0.1) is 5.82 Å². The maximum absolute atomic E-state index is 14.0. The summed E-state index contributed by atoms with van der Waals surface area (Å²) in [7, 11) is 0. The molecule has 148 valence electrons. The number of amides is 1. The maximum Gasteiger partial charge on any atom is 0.260 e. The van der Waals surface area contributed by atoms with Gasteiger partial charge in [0.15, 0.2) is 0 Å². The molecule has 0 bridgehead atoms. The average Bonchev–Trinajstić information content (AvgIpc) is 2.75. The molecule has 7 nitrogen and oxygen atoms in total. The molecule has 4 rings (SSSR count). The van der Waals surface area contributed by atoms with Crippen molar-refractivity contribution in [3.63, 3.8) is 0 Å². The lowest BCUT2D eigenvalue weighted by atomic mass is 10.2. The van der Waals surface area contributed by atoms with Crippen molar-refractivity contribution in [1.29, 1.82) is 0 Å². The van der Waals surface area contributed by atoms with Gasteiger partial charge in [-0.25, -0.2) is 9.37 Å². The Morgan fingerprint density at radius 3 is 2.31 bits per heavy atom. The molecule has 1 amide bonds. The molecular weight excluding hydrogens is 371 g/mol. The number of hydrogen-bond donors (Lipinski definition) is 2. The van der Waals surface area contributed by atoms with Gasteiger partial charge >= 0.3 is 0 Å². The summed E-state index contributed by atoms with van der Waals surface area (Å²) in [4.78, 5) is 25.0. The topological polar surface area (TPSA) is 87.4 Å². The summed E-state index contributed by atoms with van der Waals surface area (Å²) in [6, 6.07) is 15.9. The van der Waals surface area contributed by atoms with Crippen molar-refractivity contribution in [1.82, 2.24) is 9.97 Å². The molecule has 1 aliphatic heterocycles. The molecule has 0 aliphatic carbocycles. The number of benzene rings is 2. The Bertz CT molecular complexity index is 1010. The zero-order valence-corrected chi connectivity index (χ0v) is 15.8. The summed E-state index contributed by atoms with van der Waals surface area (Å²) in [5.41, 5.74) is 7.52. The average molecular weight is 392 g/mol. The minimum absolute atomic E-state index is 0.125. The van der Waals surface area contributed by atoms with Crippen LogP contribution in [0.2, 0.25) is 0 Å². The second-order valence-corrected chi connectivity index (χ2v) is 6.71. The zero-order valence-electron chi connectivity index (χ0n) is 15.8. The van der Waals surface area contributed by atoms with Crippen LogP contribution in [0.4, 0.5) is 27.5 Å². The number of nitrogens with zero attached hydrogens (tertiary/aromatic N) is 4. The number of halogens is 1. The number of nitrogen functional groups attached to an aromatic ring is 1. The Morgan fingerprint density at radius 2 is 1.62 bits per heavy atom. The van der Waals surface area contributed by atoms with Gasteiger partial charge in [0, 0.05) is 38.1 Å². The van der Waals surface area contributed by atoms with E-state index in [1.807, 2.05) is 34.1 Å². The molecule has 1 aromatic heterocycles. The van der Waals surface area contributed by atoms with E-state index in [0.29, 0.717) is 43.5 Å². The quantitative estimate of drug-likeness (QED) is 0.710. The predicted molar refractivity (Wildman–Crippen MR) is 112 cm³/mol. The lowest BCUT2D eigenvalue weighted by Gasteiger charge is -2.36. The molecule has 0 saturated carbocycles. The van der Waals surface area contributed by atoms with Crippen LogP contribution >= 0.6 is 0 Å². The third kappa shape index (κ3) is 4.11. The number of rotatable bonds is 4. The molecular formula is C21H21FN6O. The highest BCUT2D eigenvalue weighted by molar-refractivity contribution is 6.07. The monoisotopic (exact) mass is 392 g/mol. The van der Waals surface area contributed by atoms with Crippen LogP contribution in [0.5, 0.6) is 0 Å². The van der Waals surface area contributed by atoms with E-state index >= 15 is 0 Å². The molecule has 2 aromatic carbocycles. The molecule has 1 aliphatic rings. The van der Waals surface area contributed by atoms with E-state index < -0.39 is 0 Å². The van der Waals surface area contributed by atoms with Crippen LogP contribution in [0.15, 0.2) is 60.8 Å². The standard InChI is InChI=1S/C21H21FN6O/c22-17-8-4-5-9-18(17)27-10-12-28(13-11-27)21-24-14-16(19(23)26-21)20(29)25-15-6-2-1-3-7-15/h1-9,14H,10-13H2,(H,25,29)(H2,23,24,26). The molecule has 3 N–H and O–H groups in total. The van der Waals surface area contributed by atoms with Crippen LogP contribution in [0.1, 0.15) is 10.4 Å². The van der Waals surface area contributed by atoms with E-state index in [4.69, 9.17) is 5.73 Å². The van der Waals surface area contributed by atoms with E-state index in [-0.39, 0.29) is 23.1 Å². The molecule has 1 fully saturated rings. The minimum atomic E-state index is -0.357. The number of nitrogens with two attached hydrogens (primary N) is 1. The van der Waals surface area contributed by atoms with E-state index in [9.17, 15) is 9.18 Å². The Balaban J connectivity index is 1.42. The van der Waals surface area contributed by atoms with Crippen molar-refractivity contribution in [2.24, 2.45) is 0 Å². The highest BCUT2D eigenvalue weighted by atomic mass is 19.1. The summed E-state index contributed by atoms with van der Waals surface area (Å²) in [5, 5.41) is 2.77. The first kappa shape index (κ1) is 18.7. The zero-order chi connectivity index (χ0) is 20.2. The summed E-state index contributed by atoms with van der Waals surface area (Å²) in [6.45, 7) is 2.54. The van der Waals surface area contributed by atoms with Gasteiger partial charge < -0.3 is 20.9 Å². The number of aromatic nitrogens is 2. The summed E-state index contributed by atoms with van der Waals surface area (Å²) < 4.78 is 14.0. The summed E-state index contributed by atoms with van der Waals surface area (Å²) in [5.74, 6) is 0.00626. The first-order chi connectivity index (χ1) is 14.1. The summed E-state index contributed by atoms with van der Waals surface area (Å²) in [6.07, 6.45) is 1.44. The van der Waals surface area contributed by atoms with Gasteiger partial charge in [-0.05, 0) is 24.3 Å². The summed E-state index contributed by atoms with van der Waals surface area (Å²) >= 11 is 0. The van der Waals surface area contributed by atoms with Gasteiger partial charge in [-0.1, -0.05) is 30.3 Å². The van der Waals surface area contributed by atoms with Crippen LogP contribution in [0.25, 0.3) is 0 Å². The Hall–Kier alpha value is -3.68. The number of piperazine rings is 1. The van der Waals surface area contributed by atoms with Gasteiger partial charge in [0.1, 0.15) is 17.2 Å².